The molecule has 1 aromatic carbocycles. The first-order valence-electron chi connectivity index (χ1n) is 4.24. The fourth-order valence-electron chi connectivity index (χ4n) is 2.02. The van der Waals surface area contributed by atoms with Crippen LogP contribution in [0.4, 0.5) is 8.78 Å². The molecule has 0 saturated carbocycles. The smallest absolute Gasteiger partial charge is 0.311 e. The van der Waals surface area contributed by atoms with Gasteiger partial charge < -0.3 is 5.11 Å². The third kappa shape index (κ3) is 0.967. The van der Waals surface area contributed by atoms with Gasteiger partial charge in [-0.05, 0) is 17.7 Å². The van der Waals surface area contributed by atoms with Crippen molar-refractivity contribution in [2.24, 2.45) is 0 Å². The van der Waals surface area contributed by atoms with Gasteiger partial charge in [-0.15, -0.1) is 0 Å². The van der Waals surface area contributed by atoms with E-state index in [1.165, 1.54) is 0 Å². The molecule has 0 aliphatic heterocycles. The Hall–Kier alpha value is -1.45. The Kier molecular flexibility index (Phi) is 1.80. The summed E-state index contributed by atoms with van der Waals surface area (Å²) in [5, 5.41) is 8.78. The van der Waals surface area contributed by atoms with Crippen LogP contribution in [0.1, 0.15) is 29.9 Å². The van der Waals surface area contributed by atoms with Crippen molar-refractivity contribution in [1.29, 1.82) is 0 Å². The highest BCUT2D eigenvalue weighted by Gasteiger charge is 2.44. The van der Waals surface area contributed by atoms with Crippen LogP contribution in [0, 0.1) is 11.6 Å². The van der Waals surface area contributed by atoms with Gasteiger partial charge in [-0.25, -0.2) is 8.78 Å². The summed E-state index contributed by atoms with van der Waals surface area (Å²) in [6, 6.07) is 2.00. The number of carboxylic acid groups (broad SMARTS) is 1. The van der Waals surface area contributed by atoms with Gasteiger partial charge in [0.25, 0.3) is 0 Å². The molecule has 1 aliphatic carbocycles. The molecule has 2 nitrogen and oxygen atoms in total. The lowest BCUT2D eigenvalue weighted by atomic mass is 9.68. The molecule has 2 rings (SSSR count). The molecular formula is C10H8F2O2. The van der Waals surface area contributed by atoms with Crippen LogP contribution in [0.25, 0.3) is 0 Å². The molecule has 0 bridgehead atoms. The SMILES string of the molecule is CC1c2c(F)ccc(F)c2C1C(=O)O. The highest BCUT2D eigenvalue weighted by molar-refractivity contribution is 5.82. The van der Waals surface area contributed by atoms with E-state index in [9.17, 15) is 13.6 Å². The molecule has 14 heavy (non-hydrogen) atoms. The Morgan fingerprint density at radius 1 is 1.29 bits per heavy atom. The zero-order valence-corrected chi connectivity index (χ0v) is 7.42. The highest BCUT2D eigenvalue weighted by Crippen LogP contribution is 2.48. The van der Waals surface area contributed by atoms with Crippen LogP contribution in [0.2, 0.25) is 0 Å². The Morgan fingerprint density at radius 3 is 2.29 bits per heavy atom. The predicted octanol–water partition coefficient (Wildman–Crippen LogP) is 2.25. The molecule has 74 valence electrons. The molecule has 1 N–H and O–H groups in total. The van der Waals surface area contributed by atoms with E-state index in [0.29, 0.717) is 0 Å². The Balaban J connectivity index is 2.59. The van der Waals surface area contributed by atoms with Crippen molar-refractivity contribution in [2.45, 2.75) is 18.8 Å². The number of carbonyl (C=O) groups is 1. The maximum Gasteiger partial charge on any atom is 0.311 e. The van der Waals surface area contributed by atoms with Gasteiger partial charge in [0, 0.05) is 11.5 Å². The lowest BCUT2D eigenvalue weighted by Crippen LogP contribution is -2.31. The summed E-state index contributed by atoms with van der Waals surface area (Å²) < 4.78 is 26.3. The first kappa shape index (κ1) is 9.12. The summed E-state index contributed by atoms with van der Waals surface area (Å²) in [5.74, 6) is -3.60. The average molecular weight is 198 g/mol. The number of halogens is 2. The fraction of sp³-hybridized carbons (Fsp3) is 0.300. The number of aliphatic carboxylic acids is 1. The number of carboxylic acids is 1. The molecule has 0 heterocycles. The first-order valence-corrected chi connectivity index (χ1v) is 4.24. The topological polar surface area (TPSA) is 37.3 Å². The Labute approximate surface area is 79.2 Å². The number of fused-ring (bicyclic) bond motifs is 1. The second kappa shape index (κ2) is 2.77. The maximum atomic E-state index is 13.2. The molecule has 2 atom stereocenters. The minimum atomic E-state index is -1.10. The molecule has 0 aromatic heterocycles. The first-order chi connectivity index (χ1) is 6.54. The molecule has 0 fully saturated rings. The Morgan fingerprint density at radius 2 is 1.79 bits per heavy atom. The quantitative estimate of drug-likeness (QED) is 0.751. The molecule has 2 unspecified atom stereocenters. The average Bonchev–Trinajstić information content (AvgIpc) is 2.08. The minimum absolute atomic E-state index is 0.00463. The lowest BCUT2D eigenvalue weighted by molar-refractivity contribution is -0.140. The van der Waals surface area contributed by atoms with E-state index in [0.717, 1.165) is 12.1 Å². The molecule has 0 radical (unpaired) electrons. The van der Waals surface area contributed by atoms with Crippen LogP contribution in [0.3, 0.4) is 0 Å². The summed E-state index contributed by atoms with van der Waals surface area (Å²) in [4.78, 5) is 10.7. The third-order valence-electron chi connectivity index (χ3n) is 2.71. The minimum Gasteiger partial charge on any atom is -0.481 e. The molecule has 0 amide bonds. The van der Waals surface area contributed by atoms with Gasteiger partial charge in [0.2, 0.25) is 0 Å². The number of hydrogen-bond acceptors (Lipinski definition) is 1. The molecule has 1 aromatic rings. The molecule has 4 heteroatoms. The van der Waals surface area contributed by atoms with Gasteiger partial charge in [-0.2, -0.15) is 0 Å². The van der Waals surface area contributed by atoms with Gasteiger partial charge in [-0.1, -0.05) is 6.92 Å². The van der Waals surface area contributed by atoms with Crippen LogP contribution in [0.5, 0.6) is 0 Å². The summed E-state index contributed by atoms with van der Waals surface area (Å²) in [6.07, 6.45) is 0. The summed E-state index contributed by atoms with van der Waals surface area (Å²) in [7, 11) is 0. The predicted molar refractivity (Wildman–Crippen MR) is 45.1 cm³/mol. The lowest BCUT2D eigenvalue weighted by Gasteiger charge is -2.34. The van der Waals surface area contributed by atoms with Gasteiger partial charge in [-0.3, -0.25) is 4.79 Å². The van der Waals surface area contributed by atoms with Gasteiger partial charge >= 0.3 is 5.97 Å². The number of benzene rings is 1. The van der Waals surface area contributed by atoms with Gasteiger partial charge in [0.05, 0.1) is 5.92 Å². The van der Waals surface area contributed by atoms with Crippen LogP contribution < -0.4 is 0 Å². The standard InChI is InChI=1S/C10H8F2O2/c1-4-7-5(11)2-3-6(12)9(7)8(4)10(13)14/h2-4,8H,1H3,(H,13,14). The summed E-state index contributed by atoms with van der Waals surface area (Å²) >= 11 is 0. The molecule has 1 aliphatic rings. The number of hydrogen-bond donors (Lipinski definition) is 1. The van der Waals surface area contributed by atoms with E-state index < -0.39 is 29.4 Å². The van der Waals surface area contributed by atoms with E-state index in [1.54, 1.807) is 6.92 Å². The van der Waals surface area contributed by atoms with E-state index in [1.807, 2.05) is 0 Å². The van der Waals surface area contributed by atoms with Crippen molar-refractivity contribution in [1.82, 2.24) is 0 Å². The van der Waals surface area contributed by atoms with Crippen LogP contribution in [0.15, 0.2) is 12.1 Å². The van der Waals surface area contributed by atoms with E-state index >= 15 is 0 Å². The normalized spacial score (nSPS) is 23.9. The zero-order valence-electron chi connectivity index (χ0n) is 7.42. The Bertz CT molecular complexity index is 415. The second-order valence-electron chi connectivity index (χ2n) is 3.46. The molecule has 0 spiro atoms. The van der Waals surface area contributed by atoms with Crippen molar-refractivity contribution in [3.8, 4) is 0 Å². The van der Waals surface area contributed by atoms with Crippen LogP contribution in [-0.4, -0.2) is 11.1 Å². The zero-order chi connectivity index (χ0) is 10.5. The van der Waals surface area contributed by atoms with Crippen molar-refractivity contribution >= 4 is 5.97 Å². The maximum absolute atomic E-state index is 13.2. The second-order valence-corrected chi connectivity index (χ2v) is 3.46. The fourth-order valence-corrected chi connectivity index (χ4v) is 2.02. The van der Waals surface area contributed by atoms with E-state index in [4.69, 9.17) is 5.11 Å². The highest BCUT2D eigenvalue weighted by atomic mass is 19.1. The van der Waals surface area contributed by atoms with E-state index in [2.05, 4.69) is 0 Å². The van der Waals surface area contributed by atoms with Crippen LogP contribution >= 0.6 is 0 Å². The largest absolute Gasteiger partial charge is 0.481 e. The third-order valence-corrected chi connectivity index (χ3v) is 2.71. The number of rotatable bonds is 1. The van der Waals surface area contributed by atoms with Gasteiger partial charge in [0.15, 0.2) is 0 Å². The van der Waals surface area contributed by atoms with Crippen molar-refractivity contribution < 1.29 is 18.7 Å². The summed E-state index contributed by atoms with van der Waals surface area (Å²) in [6.45, 7) is 1.59. The molecular weight excluding hydrogens is 190 g/mol. The monoisotopic (exact) mass is 198 g/mol. The molecule has 0 saturated heterocycles. The van der Waals surface area contributed by atoms with Crippen molar-refractivity contribution in [3.05, 3.63) is 34.9 Å². The summed E-state index contributed by atoms with van der Waals surface area (Å²) in [5.41, 5.74) is 0.211. The van der Waals surface area contributed by atoms with Crippen molar-refractivity contribution in [2.75, 3.05) is 0 Å². The van der Waals surface area contributed by atoms with Crippen molar-refractivity contribution in [3.63, 3.8) is 0 Å². The van der Waals surface area contributed by atoms with Crippen LogP contribution in [-0.2, 0) is 4.79 Å². The van der Waals surface area contributed by atoms with E-state index in [-0.39, 0.29) is 11.1 Å². The van der Waals surface area contributed by atoms with Gasteiger partial charge in [0.1, 0.15) is 11.6 Å².